The molecule has 0 atom stereocenters. The summed E-state index contributed by atoms with van der Waals surface area (Å²) in [5.74, 6) is -0.329. The summed E-state index contributed by atoms with van der Waals surface area (Å²) in [5.41, 5.74) is 0.711. The second kappa shape index (κ2) is 4.53. The molecule has 3 rings (SSSR count). The standard InChI is InChI=1S/C13H15NO5S/c1-20(16,17)19-9-2-5-13(6-3-9)11-8-14-7-4-10(11)12(15)18-13/h4,7-9H,2-3,5-6H2,1H3. The Morgan fingerprint density at radius 2 is 2.10 bits per heavy atom. The highest BCUT2D eigenvalue weighted by Crippen LogP contribution is 2.46. The summed E-state index contributed by atoms with van der Waals surface area (Å²) in [6.07, 6.45) is 6.12. The van der Waals surface area contributed by atoms with E-state index in [-0.39, 0.29) is 12.1 Å². The SMILES string of the molecule is CS(=O)(=O)OC1CCC2(CC1)OC(=O)c1ccncc12. The largest absolute Gasteiger partial charge is 0.450 e. The Hall–Kier alpha value is -1.47. The van der Waals surface area contributed by atoms with Crippen LogP contribution in [-0.2, 0) is 24.6 Å². The van der Waals surface area contributed by atoms with Crippen LogP contribution in [0.2, 0.25) is 0 Å². The normalized spacial score (nSPS) is 29.2. The topological polar surface area (TPSA) is 82.6 Å². The number of nitrogens with zero attached hydrogens (tertiary/aromatic N) is 1. The number of rotatable bonds is 2. The number of carbonyl (C=O) groups excluding carboxylic acids is 1. The van der Waals surface area contributed by atoms with Crippen molar-refractivity contribution in [2.24, 2.45) is 0 Å². The monoisotopic (exact) mass is 297 g/mol. The third-order valence-corrected chi connectivity index (χ3v) is 4.49. The van der Waals surface area contributed by atoms with Crippen molar-refractivity contribution in [1.82, 2.24) is 4.98 Å². The van der Waals surface area contributed by atoms with Crippen molar-refractivity contribution in [1.29, 1.82) is 0 Å². The molecule has 1 spiro atoms. The Bertz CT molecular complexity index is 646. The fourth-order valence-electron chi connectivity index (χ4n) is 3.00. The second-order valence-electron chi connectivity index (χ2n) is 5.30. The fourth-order valence-corrected chi connectivity index (χ4v) is 3.68. The number of hydrogen-bond acceptors (Lipinski definition) is 6. The molecule has 6 nitrogen and oxygen atoms in total. The van der Waals surface area contributed by atoms with E-state index in [0.717, 1.165) is 11.8 Å². The fraction of sp³-hybridized carbons (Fsp3) is 0.538. The van der Waals surface area contributed by atoms with E-state index in [2.05, 4.69) is 4.98 Å². The summed E-state index contributed by atoms with van der Waals surface area (Å²) in [5, 5.41) is 0. The van der Waals surface area contributed by atoms with Crippen LogP contribution in [0.15, 0.2) is 18.5 Å². The van der Waals surface area contributed by atoms with E-state index >= 15 is 0 Å². The van der Waals surface area contributed by atoms with E-state index in [1.165, 1.54) is 0 Å². The van der Waals surface area contributed by atoms with Crippen LogP contribution >= 0.6 is 0 Å². The van der Waals surface area contributed by atoms with Gasteiger partial charge in [-0.25, -0.2) is 4.79 Å². The molecular formula is C13H15NO5S. The van der Waals surface area contributed by atoms with E-state index in [1.807, 2.05) is 0 Å². The predicted octanol–water partition coefficient (Wildman–Crippen LogP) is 1.37. The molecule has 108 valence electrons. The molecule has 0 N–H and O–H groups in total. The summed E-state index contributed by atoms with van der Waals surface area (Å²) >= 11 is 0. The molecule has 0 saturated heterocycles. The first-order valence-corrected chi connectivity index (χ1v) is 8.27. The van der Waals surface area contributed by atoms with Crippen molar-refractivity contribution >= 4 is 16.1 Å². The summed E-state index contributed by atoms with van der Waals surface area (Å²) < 4.78 is 32.9. The van der Waals surface area contributed by atoms with Gasteiger partial charge < -0.3 is 4.74 Å². The van der Waals surface area contributed by atoms with Crippen LogP contribution in [-0.4, -0.2) is 31.7 Å². The number of hydrogen-bond donors (Lipinski definition) is 0. The van der Waals surface area contributed by atoms with Crippen molar-refractivity contribution in [3.05, 3.63) is 29.6 Å². The van der Waals surface area contributed by atoms with Crippen LogP contribution in [0.3, 0.4) is 0 Å². The van der Waals surface area contributed by atoms with Gasteiger partial charge in [0.15, 0.2) is 0 Å². The lowest BCUT2D eigenvalue weighted by atomic mass is 9.79. The van der Waals surface area contributed by atoms with Gasteiger partial charge in [0, 0.05) is 18.0 Å². The summed E-state index contributed by atoms with van der Waals surface area (Å²) in [6.45, 7) is 0. The van der Waals surface area contributed by atoms with E-state index in [9.17, 15) is 13.2 Å². The Morgan fingerprint density at radius 1 is 1.40 bits per heavy atom. The van der Waals surface area contributed by atoms with Crippen LogP contribution < -0.4 is 0 Å². The number of pyridine rings is 1. The zero-order chi connectivity index (χ0) is 14.4. The first-order valence-electron chi connectivity index (χ1n) is 6.46. The lowest BCUT2D eigenvalue weighted by Crippen LogP contribution is -2.35. The molecule has 1 aromatic heterocycles. The van der Waals surface area contributed by atoms with Gasteiger partial charge in [-0.3, -0.25) is 9.17 Å². The van der Waals surface area contributed by atoms with Gasteiger partial charge in [0.2, 0.25) is 0 Å². The maximum atomic E-state index is 11.9. The Morgan fingerprint density at radius 3 is 2.75 bits per heavy atom. The quantitative estimate of drug-likeness (QED) is 0.605. The minimum atomic E-state index is -3.45. The van der Waals surface area contributed by atoms with Crippen molar-refractivity contribution in [3.8, 4) is 0 Å². The van der Waals surface area contributed by atoms with Gasteiger partial charge in [0.1, 0.15) is 5.60 Å². The molecule has 2 aliphatic rings. The molecule has 0 radical (unpaired) electrons. The minimum absolute atomic E-state index is 0.329. The van der Waals surface area contributed by atoms with Gasteiger partial charge in [-0.1, -0.05) is 0 Å². The van der Waals surface area contributed by atoms with E-state index in [0.29, 0.717) is 31.2 Å². The van der Waals surface area contributed by atoms with Gasteiger partial charge >= 0.3 is 5.97 Å². The van der Waals surface area contributed by atoms with Crippen LogP contribution in [0.25, 0.3) is 0 Å². The second-order valence-corrected chi connectivity index (χ2v) is 6.91. The first-order chi connectivity index (χ1) is 9.40. The Kier molecular flexibility index (Phi) is 3.06. The Balaban J connectivity index is 1.80. The van der Waals surface area contributed by atoms with E-state index in [4.69, 9.17) is 8.92 Å². The van der Waals surface area contributed by atoms with E-state index in [1.54, 1.807) is 18.5 Å². The highest BCUT2D eigenvalue weighted by atomic mass is 32.2. The van der Waals surface area contributed by atoms with Gasteiger partial charge in [0.25, 0.3) is 10.1 Å². The molecule has 2 heterocycles. The molecule has 1 aliphatic heterocycles. The zero-order valence-electron chi connectivity index (χ0n) is 11.0. The molecular weight excluding hydrogens is 282 g/mol. The molecule has 1 fully saturated rings. The maximum absolute atomic E-state index is 11.9. The average molecular weight is 297 g/mol. The minimum Gasteiger partial charge on any atom is -0.450 e. The molecule has 0 unspecified atom stereocenters. The molecule has 1 aliphatic carbocycles. The molecule has 1 aromatic rings. The molecule has 0 bridgehead atoms. The van der Waals surface area contributed by atoms with Crippen molar-refractivity contribution in [2.75, 3.05) is 6.26 Å². The van der Waals surface area contributed by atoms with Crippen molar-refractivity contribution in [3.63, 3.8) is 0 Å². The maximum Gasteiger partial charge on any atom is 0.339 e. The zero-order valence-corrected chi connectivity index (χ0v) is 11.9. The third kappa shape index (κ3) is 2.31. The molecule has 0 aromatic carbocycles. The average Bonchev–Trinajstić information content (AvgIpc) is 2.65. The summed E-state index contributed by atoms with van der Waals surface area (Å²) in [7, 11) is -3.45. The first kappa shape index (κ1) is 13.5. The van der Waals surface area contributed by atoms with Gasteiger partial charge in [-0.05, 0) is 31.7 Å². The highest BCUT2D eigenvalue weighted by Gasteiger charge is 2.48. The van der Waals surface area contributed by atoms with Crippen LogP contribution in [0.1, 0.15) is 41.6 Å². The summed E-state index contributed by atoms with van der Waals surface area (Å²) in [4.78, 5) is 15.9. The molecule has 7 heteroatoms. The highest BCUT2D eigenvalue weighted by molar-refractivity contribution is 7.86. The van der Waals surface area contributed by atoms with Gasteiger partial charge in [0.05, 0.1) is 17.9 Å². The number of fused-ring (bicyclic) bond motifs is 2. The predicted molar refractivity (Wildman–Crippen MR) is 69.5 cm³/mol. The molecule has 0 amide bonds. The third-order valence-electron chi connectivity index (χ3n) is 3.87. The van der Waals surface area contributed by atoms with Gasteiger partial charge in [-0.15, -0.1) is 0 Å². The molecule has 1 saturated carbocycles. The molecule has 20 heavy (non-hydrogen) atoms. The number of esters is 1. The number of ether oxygens (including phenoxy) is 1. The van der Waals surface area contributed by atoms with Crippen molar-refractivity contribution in [2.45, 2.75) is 37.4 Å². The smallest absolute Gasteiger partial charge is 0.339 e. The van der Waals surface area contributed by atoms with Gasteiger partial charge in [-0.2, -0.15) is 8.42 Å². The Labute approximate surface area is 117 Å². The summed E-state index contributed by atoms with van der Waals surface area (Å²) in [6, 6.07) is 1.66. The van der Waals surface area contributed by atoms with Crippen LogP contribution in [0.4, 0.5) is 0 Å². The van der Waals surface area contributed by atoms with Crippen LogP contribution in [0.5, 0.6) is 0 Å². The van der Waals surface area contributed by atoms with E-state index < -0.39 is 15.7 Å². The lowest BCUT2D eigenvalue weighted by Gasteiger charge is -2.35. The van der Waals surface area contributed by atoms with Crippen molar-refractivity contribution < 1.29 is 22.1 Å². The van der Waals surface area contributed by atoms with Crippen LogP contribution in [0, 0.1) is 0 Å². The number of carbonyl (C=O) groups is 1. The lowest BCUT2D eigenvalue weighted by molar-refractivity contribution is -0.0449. The number of aromatic nitrogens is 1.